The lowest BCUT2D eigenvalue weighted by molar-refractivity contribution is -0.137. The number of alkyl halides is 3. The molecule has 2 rings (SSSR count). The van der Waals surface area contributed by atoms with Crippen LogP contribution in [0.15, 0.2) is 48.7 Å². The number of carbonyl (C=O) groups is 1. The van der Waals surface area contributed by atoms with E-state index in [1.807, 2.05) is 0 Å². The van der Waals surface area contributed by atoms with E-state index in [2.05, 4.69) is 5.32 Å². The monoisotopic (exact) mass is 393 g/mol. The Balaban J connectivity index is 2.13. The zero-order valence-corrected chi connectivity index (χ0v) is 14.1. The average molecular weight is 395 g/mol. The van der Waals surface area contributed by atoms with Gasteiger partial charge in [0.1, 0.15) is 0 Å². The molecule has 0 unspecified atom stereocenters. The summed E-state index contributed by atoms with van der Waals surface area (Å²) in [6, 6.07) is 7.73. The van der Waals surface area contributed by atoms with Crippen molar-refractivity contribution in [3.8, 4) is 0 Å². The second kappa shape index (κ2) is 7.47. The van der Waals surface area contributed by atoms with Crippen molar-refractivity contribution >= 4 is 46.3 Å². The Labute approximate surface area is 150 Å². The van der Waals surface area contributed by atoms with E-state index in [-0.39, 0.29) is 16.3 Å². The molecule has 126 valence electrons. The normalized spacial score (nSPS) is 11.8. The number of ketones is 1. The SMILES string of the molecule is O=C(C=CNc1ccc(Cl)c(C(F)(F)F)c1)c1ccc(Cl)cc1Cl. The summed E-state index contributed by atoms with van der Waals surface area (Å²) in [5.41, 5.74) is -0.598. The number of hydrogen-bond acceptors (Lipinski definition) is 2. The van der Waals surface area contributed by atoms with Gasteiger partial charge in [0.2, 0.25) is 0 Å². The molecule has 0 aromatic heterocycles. The average Bonchev–Trinajstić information content (AvgIpc) is 2.47. The summed E-state index contributed by atoms with van der Waals surface area (Å²) in [5.74, 6) is -0.422. The third-order valence-corrected chi connectivity index (χ3v) is 3.83. The van der Waals surface area contributed by atoms with E-state index < -0.39 is 22.5 Å². The van der Waals surface area contributed by atoms with Crippen molar-refractivity contribution in [1.29, 1.82) is 0 Å². The Morgan fingerprint density at radius 3 is 2.33 bits per heavy atom. The zero-order valence-electron chi connectivity index (χ0n) is 11.8. The van der Waals surface area contributed by atoms with Crippen LogP contribution in [0.3, 0.4) is 0 Å². The number of hydrogen-bond donors (Lipinski definition) is 1. The minimum atomic E-state index is -4.56. The molecule has 0 fully saturated rings. The first-order chi connectivity index (χ1) is 11.2. The van der Waals surface area contributed by atoms with Gasteiger partial charge in [-0.1, -0.05) is 34.8 Å². The van der Waals surface area contributed by atoms with E-state index in [0.29, 0.717) is 5.02 Å². The maximum absolute atomic E-state index is 12.8. The highest BCUT2D eigenvalue weighted by molar-refractivity contribution is 6.37. The van der Waals surface area contributed by atoms with Crippen LogP contribution in [0.25, 0.3) is 0 Å². The fraction of sp³-hybridized carbons (Fsp3) is 0.0625. The minimum absolute atomic E-state index is 0.137. The largest absolute Gasteiger partial charge is 0.417 e. The molecule has 2 aromatic rings. The molecular formula is C16H9Cl3F3NO. The summed E-state index contributed by atoms with van der Waals surface area (Å²) in [5, 5.41) is 2.76. The molecule has 0 spiro atoms. The van der Waals surface area contributed by atoms with Gasteiger partial charge in [-0.3, -0.25) is 4.79 Å². The topological polar surface area (TPSA) is 29.1 Å². The van der Waals surface area contributed by atoms with E-state index in [1.165, 1.54) is 30.5 Å². The predicted octanol–water partition coefficient (Wildman–Crippen LogP) is 6.47. The van der Waals surface area contributed by atoms with Crippen LogP contribution >= 0.6 is 34.8 Å². The number of allylic oxidation sites excluding steroid dienone is 1. The Morgan fingerprint density at radius 1 is 1.00 bits per heavy atom. The van der Waals surface area contributed by atoms with Crippen molar-refractivity contribution in [1.82, 2.24) is 0 Å². The van der Waals surface area contributed by atoms with Crippen LogP contribution in [-0.2, 0) is 6.18 Å². The molecule has 2 aromatic carbocycles. The van der Waals surface area contributed by atoms with Crippen molar-refractivity contribution in [2.45, 2.75) is 6.18 Å². The van der Waals surface area contributed by atoms with Gasteiger partial charge in [-0.05, 0) is 36.4 Å². The molecule has 1 N–H and O–H groups in total. The number of rotatable bonds is 4. The highest BCUT2D eigenvalue weighted by atomic mass is 35.5. The van der Waals surface area contributed by atoms with Gasteiger partial charge in [-0.25, -0.2) is 0 Å². The first-order valence-corrected chi connectivity index (χ1v) is 7.61. The highest BCUT2D eigenvalue weighted by Crippen LogP contribution is 2.36. The molecule has 0 aliphatic rings. The number of carbonyl (C=O) groups excluding carboxylic acids is 1. The van der Waals surface area contributed by atoms with Crippen LogP contribution in [0.4, 0.5) is 18.9 Å². The molecule has 0 aliphatic heterocycles. The van der Waals surface area contributed by atoms with Crippen molar-refractivity contribution in [2.24, 2.45) is 0 Å². The number of benzene rings is 2. The molecule has 0 atom stereocenters. The van der Waals surface area contributed by atoms with E-state index in [0.717, 1.165) is 18.2 Å². The van der Waals surface area contributed by atoms with E-state index in [1.54, 1.807) is 0 Å². The van der Waals surface area contributed by atoms with Crippen LogP contribution in [0.1, 0.15) is 15.9 Å². The Morgan fingerprint density at radius 2 is 1.71 bits per heavy atom. The third-order valence-electron chi connectivity index (χ3n) is 2.95. The van der Waals surface area contributed by atoms with Crippen LogP contribution in [-0.4, -0.2) is 5.78 Å². The van der Waals surface area contributed by atoms with Gasteiger partial charge in [0, 0.05) is 28.5 Å². The zero-order chi connectivity index (χ0) is 17.9. The molecule has 0 saturated heterocycles. The van der Waals surface area contributed by atoms with Gasteiger partial charge in [0.25, 0.3) is 0 Å². The lowest BCUT2D eigenvalue weighted by Gasteiger charge is -2.10. The molecule has 8 heteroatoms. The molecule has 0 amide bonds. The molecule has 0 aliphatic carbocycles. The molecule has 0 radical (unpaired) electrons. The highest BCUT2D eigenvalue weighted by Gasteiger charge is 2.33. The predicted molar refractivity (Wildman–Crippen MR) is 90.0 cm³/mol. The smallest absolute Gasteiger partial charge is 0.362 e. The molecule has 2 nitrogen and oxygen atoms in total. The Hall–Kier alpha value is -1.69. The second-order valence-corrected chi connectivity index (χ2v) is 5.91. The summed E-state index contributed by atoms with van der Waals surface area (Å²) in [7, 11) is 0. The fourth-order valence-electron chi connectivity index (χ4n) is 1.82. The summed E-state index contributed by atoms with van der Waals surface area (Å²) in [6.45, 7) is 0. The van der Waals surface area contributed by atoms with Crippen molar-refractivity contribution < 1.29 is 18.0 Å². The maximum atomic E-state index is 12.8. The lowest BCUT2D eigenvalue weighted by Crippen LogP contribution is -2.06. The van der Waals surface area contributed by atoms with Crippen LogP contribution in [0, 0.1) is 0 Å². The standard InChI is InChI=1S/C16H9Cl3F3NO/c17-9-1-3-11(14(19)7-9)15(24)5-6-23-10-2-4-13(18)12(8-10)16(20,21)22/h1-8,23H. The minimum Gasteiger partial charge on any atom is -0.362 e. The first kappa shape index (κ1) is 18.6. The van der Waals surface area contributed by atoms with Gasteiger partial charge < -0.3 is 5.32 Å². The first-order valence-electron chi connectivity index (χ1n) is 6.47. The number of nitrogens with one attached hydrogen (secondary N) is 1. The molecule has 0 heterocycles. The van der Waals surface area contributed by atoms with E-state index in [4.69, 9.17) is 34.8 Å². The van der Waals surface area contributed by atoms with Gasteiger partial charge in [0.05, 0.1) is 15.6 Å². The van der Waals surface area contributed by atoms with E-state index in [9.17, 15) is 18.0 Å². The molecule has 0 saturated carbocycles. The van der Waals surface area contributed by atoms with Gasteiger partial charge in [-0.2, -0.15) is 13.2 Å². The van der Waals surface area contributed by atoms with Gasteiger partial charge >= 0.3 is 6.18 Å². The number of anilines is 1. The summed E-state index contributed by atoms with van der Waals surface area (Å²) < 4.78 is 38.3. The quantitative estimate of drug-likeness (QED) is 0.475. The maximum Gasteiger partial charge on any atom is 0.417 e. The molecule has 0 bridgehead atoms. The van der Waals surface area contributed by atoms with Crippen LogP contribution in [0.2, 0.25) is 15.1 Å². The van der Waals surface area contributed by atoms with Crippen LogP contribution < -0.4 is 5.32 Å². The summed E-state index contributed by atoms with van der Waals surface area (Å²) >= 11 is 17.2. The van der Waals surface area contributed by atoms with Gasteiger partial charge in [-0.15, -0.1) is 0 Å². The summed E-state index contributed by atoms with van der Waals surface area (Å²) in [4.78, 5) is 12.0. The van der Waals surface area contributed by atoms with E-state index >= 15 is 0 Å². The Bertz CT molecular complexity index is 804. The third kappa shape index (κ3) is 4.66. The van der Waals surface area contributed by atoms with Gasteiger partial charge in [0.15, 0.2) is 5.78 Å². The fourth-order valence-corrected chi connectivity index (χ4v) is 2.55. The molecule has 24 heavy (non-hydrogen) atoms. The van der Waals surface area contributed by atoms with Crippen molar-refractivity contribution in [3.05, 3.63) is 74.9 Å². The second-order valence-electron chi connectivity index (χ2n) is 4.66. The van der Waals surface area contributed by atoms with Crippen LogP contribution in [0.5, 0.6) is 0 Å². The lowest BCUT2D eigenvalue weighted by atomic mass is 10.1. The Kier molecular flexibility index (Phi) is 5.80. The van der Waals surface area contributed by atoms with Crippen molar-refractivity contribution in [3.63, 3.8) is 0 Å². The summed E-state index contributed by atoms with van der Waals surface area (Å²) in [6.07, 6.45) is -2.20. The molecular weight excluding hydrogens is 386 g/mol. The van der Waals surface area contributed by atoms with Crippen molar-refractivity contribution in [2.75, 3.05) is 5.32 Å². The number of halogens is 6.